The van der Waals surface area contributed by atoms with Crippen molar-refractivity contribution >= 4 is 29.3 Å². The zero-order valence-electron chi connectivity index (χ0n) is 15.3. The van der Waals surface area contributed by atoms with Crippen LogP contribution in [0.3, 0.4) is 0 Å². The van der Waals surface area contributed by atoms with E-state index in [0.717, 1.165) is 0 Å². The van der Waals surface area contributed by atoms with Gasteiger partial charge in [-0.3, -0.25) is 14.4 Å². The molecule has 0 fully saturated rings. The monoisotopic (exact) mass is 367 g/mol. The number of carbonyl (C=O) groups excluding carboxylic acids is 3. The summed E-state index contributed by atoms with van der Waals surface area (Å²) in [4.78, 5) is 36.5. The van der Waals surface area contributed by atoms with Crippen molar-refractivity contribution < 1.29 is 14.4 Å². The van der Waals surface area contributed by atoms with Gasteiger partial charge in [-0.25, -0.2) is 0 Å². The standard InChI is InChI=1S/C18H26ClN3O3/c1-11(2)15(17(25)20-10-14(23)22-18(3,4)5)21-16(24)12-8-6-7-9-13(12)19/h6-9,11,15H,10H2,1-5H3,(H,20,25)(H,21,24)(H,22,23). The Morgan fingerprint density at radius 3 is 2.24 bits per heavy atom. The molecule has 0 aliphatic carbocycles. The Bertz CT molecular complexity index is 639. The van der Waals surface area contributed by atoms with Gasteiger partial charge in [-0.15, -0.1) is 0 Å². The summed E-state index contributed by atoms with van der Waals surface area (Å²) in [6, 6.07) is 5.84. The topological polar surface area (TPSA) is 87.3 Å². The Morgan fingerprint density at radius 1 is 1.12 bits per heavy atom. The average molecular weight is 368 g/mol. The summed E-state index contributed by atoms with van der Waals surface area (Å²) in [6.07, 6.45) is 0. The molecule has 0 aliphatic heterocycles. The van der Waals surface area contributed by atoms with Crippen LogP contribution >= 0.6 is 11.6 Å². The normalized spacial score (nSPS) is 12.4. The second kappa shape index (κ2) is 8.85. The van der Waals surface area contributed by atoms with E-state index in [1.165, 1.54) is 0 Å². The zero-order valence-corrected chi connectivity index (χ0v) is 16.0. The minimum atomic E-state index is -0.772. The lowest BCUT2D eigenvalue weighted by atomic mass is 10.0. The minimum Gasteiger partial charge on any atom is -0.350 e. The number of carbonyl (C=O) groups is 3. The van der Waals surface area contributed by atoms with Crippen LogP contribution in [0.25, 0.3) is 0 Å². The molecule has 1 rings (SSSR count). The molecule has 138 valence electrons. The summed E-state index contributed by atoms with van der Waals surface area (Å²) in [5.74, 6) is -1.30. The van der Waals surface area contributed by atoms with Crippen molar-refractivity contribution in [2.24, 2.45) is 5.92 Å². The molecule has 0 spiro atoms. The Morgan fingerprint density at radius 2 is 1.72 bits per heavy atom. The largest absolute Gasteiger partial charge is 0.350 e. The Hall–Kier alpha value is -2.08. The lowest BCUT2D eigenvalue weighted by molar-refractivity contribution is -0.128. The number of rotatable bonds is 6. The molecule has 25 heavy (non-hydrogen) atoms. The molecule has 0 aliphatic rings. The number of benzene rings is 1. The third-order valence-corrected chi connectivity index (χ3v) is 3.62. The summed E-state index contributed by atoms with van der Waals surface area (Å²) in [5, 5.41) is 8.31. The fourth-order valence-electron chi connectivity index (χ4n) is 2.14. The van der Waals surface area contributed by atoms with E-state index in [4.69, 9.17) is 11.6 Å². The molecular weight excluding hydrogens is 342 g/mol. The third-order valence-electron chi connectivity index (χ3n) is 3.29. The fraction of sp³-hybridized carbons (Fsp3) is 0.500. The van der Waals surface area contributed by atoms with Gasteiger partial charge in [0.25, 0.3) is 5.91 Å². The predicted octanol–water partition coefficient (Wildman–Crippen LogP) is 2.13. The first-order valence-corrected chi connectivity index (χ1v) is 8.53. The second-order valence-electron chi connectivity index (χ2n) is 7.19. The highest BCUT2D eigenvalue weighted by Gasteiger charge is 2.26. The van der Waals surface area contributed by atoms with E-state index in [2.05, 4.69) is 16.0 Å². The summed E-state index contributed by atoms with van der Waals surface area (Å²) < 4.78 is 0. The fourth-order valence-corrected chi connectivity index (χ4v) is 2.36. The van der Waals surface area contributed by atoms with Crippen molar-refractivity contribution in [1.82, 2.24) is 16.0 Å². The molecule has 7 heteroatoms. The third kappa shape index (κ3) is 7.13. The molecule has 1 atom stereocenters. The quantitative estimate of drug-likeness (QED) is 0.719. The van der Waals surface area contributed by atoms with Crippen molar-refractivity contribution in [3.63, 3.8) is 0 Å². The average Bonchev–Trinajstić information content (AvgIpc) is 2.48. The van der Waals surface area contributed by atoms with Gasteiger partial charge in [0.15, 0.2) is 0 Å². The lowest BCUT2D eigenvalue weighted by Gasteiger charge is -2.23. The molecule has 0 radical (unpaired) electrons. The van der Waals surface area contributed by atoms with E-state index in [9.17, 15) is 14.4 Å². The summed E-state index contributed by atoms with van der Waals surface area (Å²) >= 11 is 6.01. The smallest absolute Gasteiger partial charge is 0.253 e. The SMILES string of the molecule is CC(C)C(NC(=O)c1ccccc1Cl)C(=O)NCC(=O)NC(C)(C)C. The number of hydrogen-bond acceptors (Lipinski definition) is 3. The van der Waals surface area contributed by atoms with Crippen LogP contribution in [-0.2, 0) is 9.59 Å². The maximum Gasteiger partial charge on any atom is 0.253 e. The molecule has 0 saturated heterocycles. The molecular formula is C18H26ClN3O3. The molecule has 1 aromatic rings. The Kier molecular flexibility index (Phi) is 7.42. The van der Waals surface area contributed by atoms with Crippen molar-refractivity contribution in [2.45, 2.75) is 46.2 Å². The first-order valence-electron chi connectivity index (χ1n) is 8.15. The maximum absolute atomic E-state index is 12.4. The molecule has 1 unspecified atom stereocenters. The van der Waals surface area contributed by atoms with Crippen LogP contribution in [0.1, 0.15) is 45.0 Å². The van der Waals surface area contributed by atoms with E-state index in [1.54, 1.807) is 24.3 Å². The van der Waals surface area contributed by atoms with Crippen LogP contribution in [-0.4, -0.2) is 35.8 Å². The van der Waals surface area contributed by atoms with Crippen LogP contribution in [0.2, 0.25) is 5.02 Å². The maximum atomic E-state index is 12.4. The van der Waals surface area contributed by atoms with Gasteiger partial charge in [-0.1, -0.05) is 37.6 Å². The van der Waals surface area contributed by atoms with Gasteiger partial charge in [0, 0.05) is 5.54 Å². The van der Waals surface area contributed by atoms with E-state index in [-0.39, 0.29) is 23.9 Å². The Balaban J connectivity index is 2.70. The molecule has 0 bridgehead atoms. The van der Waals surface area contributed by atoms with E-state index in [1.807, 2.05) is 34.6 Å². The summed E-state index contributed by atoms with van der Waals surface area (Å²) in [7, 11) is 0. The molecule has 3 N–H and O–H groups in total. The van der Waals surface area contributed by atoms with Gasteiger partial charge in [0.1, 0.15) is 6.04 Å². The second-order valence-corrected chi connectivity index (χ2v) is 7.60. The number of amides is 3. The molecule has 0 heterocycles. The van der Waals surface area contributed by atoms with Gasteiger partial charge < -0.3 is 16.0 Å². The molecule has 1 aromatic carbocycles. The van der Waals surface area contributed by atoms with Crippen LogP contribution in [0.15, 0.2) is 24.3 Å². The van der Waals surface area contributed by atoms with Crippen molar-refractivity contribution in [1.29, 1.82) is 0 Å². The molecule has 0 aromatic heterocycles. The van der Waals surface area contributed by atoms with Crippen molar-refractivity contribution in [3.05, 3.63) is 34.9 Å². The van der Waals surface area contributed by atoms with Crippen LogP contribution < -0.4 is 16.0 Å². The highest BCUT2D eigenvalue weighted by atomic mass is 35.5. The van der Waals surface area contributed by atoms with Crippen molar-refractivity contribution in [3.8, 4) is 0 Å². The first-order chi connectivity index (χ1) is 11.5. The van der Waals surface area contributed by atoms with Gasteiger partial charge in [-0.05, 0) is 38.8 Å². The van der Waals surface area contributed by atoms with Gasteiger partial charge in [0.05, 0.1) is 17.1 Å². The molecule has 0 saturated carbocycles. The lowest BCUT2D eigenvalue weighted by Crippen LogP contribution is -2.52. The predicted molar refractivity (Wildman–Crippen MR) is 98.4 cm³/mol. The zero-order chi connectivity index (χ0) is 19.2. The number of halogens is 1. The Labute approximate surface area is 153 Å². The molecule has 6 nitrogen and oxygen atoms in total. The molecule has 3 amide bonds. The first kappa shape index (κ1) is 21.0. The van der Waals surface area contributed by atoms with Crippen LogP contribution in [0, 0.1) is 5.92 Å². The van der Waals surface area contributed by atoms with Crippen LogP contribution in [0.5, 0.6) is 0 Å². The van der Waals surface area contributed by atoms with Gasteiger partial charge >= 0.3 is 0 Å². The van der Waals surface area contributed by atoms with E-state index >= 15 is 0 Å². The minimum absolute atomic E-state index is 0.152. The van der Waals surface area contributed by atoms with E-state index < -0.39 is 17.9 Å². The van der Waals surface area contributed by atoms with Gasteiger partial charge in [0.2, 0.25) is 11.8 Å². The summed E-state index contributed by atoms with van der Waals surface area (Å²) in [6.45, 7) is 9.04. The number of nitrogens with one attached hydrogen (secondary N) is 3. The summed E-state index contributed by atoms with van der Waals surface area (Å²) in [5.41, 5.74) is -0.0783. The van der Waals surface area contributed by atoms with Crippen molar-refractivity contribution in [2.75, 3.05) is 6.54 Å². The van der Waals surface area contributed by atoms with E-state index in [0.29, 0.717) is 10.6 Å². The van der Waals surface area contributed by atoms with Gasteiger partial charge in [-0.2, -0.15) is 0 Å². The number of hydrogen-bond donors (Lipinski definition) is 3. The highest BCUT2D eigenvalue weighted by molar-refractivity contribution is 6.33. The highest BCUT2D eigenvalue weighted by Crippen LogP contribution is 2.15. The van der Waals surface area contributed by atoms with Crippen LogP contribution in [0.4, 0.5) is 0 Å².